The molecule has 0 bridgehead atoms. The molecule has 1 aliphatic heterocycles. The van der Waals surface area contributed by atoms with Gasteiger partial charge >= 0.3 is 0 Å². The quantitative estimate of drug-likeness (QED) is 0.905. The Kier molecular flexibility index (Phi) is 5.05. The molecule has 0 spiro atoms. The number of hydrogen-bond donors (Lipinski definition) is 2. The Morgan fingerprint density at radius 2 is 2.04 bits per heavy atom. The number of rotatable bonds is 4. The van der Waals surface area contributed by atoms with Gasteiger partial charge in [-0.15, -0.1) is 0 Å². The molecule has 1 amide bonds. The molecule has 0 aromatic heterocycles. The lowest BCUT2D eigenvalue weighted by Crippen LogP contribution is -2.45. The number of hydrogen-bond acceptors (Lipinski definition) is 3. The minimum absolute atomic E-state index is 0.0324. The minimum Gasteiger partial charge on any atom is -0.507 e. The summed E-state index contributed by atoms with van der Waals surface area (Å²) in [6.45, 7) is 7.36. The molecule has 3 rings (SSSR count). The number of nitrogens with one attached hydrogen (secondary N) is 1. The van der Waals surface area contributed by atoms with Crippen LogP contribution in [0.25, 0.3) is 10.8 Å². The second kappa shape index (κ2) is 7.22. The fraction of sp³-hybridized carbons (Fsp3) is 0.450. The molecule has 24 heavy (non-hydrogen) atoms. The van der Waals surface area contributed by atoms with E-state index in [1.807, 2.05) is 31.2 Å². The maximum atomic E-state index is 12.5. The highest BCUT2D eigenvalue weighted by Crippen LogP contribution is 2.25. The van der Waals surface area contributed by atoms with E-state index in [0.29, 0.717) is 5.56 Å². The van der Waals surface area contributed by atoms with Gasteiger partial charge in [-0.1, -0.05) is 31.2 Å². The molecule has 1 aliphatic rings. The van der Waals surface area contributed by atoms with Gasteiger partial charge in [0.15, 0.2) is 0 Å². The fourth-order valence-electron chi connectivity index (χ4n) is 3.60. The first-order valence-corrected chi connectivity index (χ1v) is 8.78. The van der Waals surface area contributed by atoms with Crippen molar-refractivity contribution in [3.8, 4) is 5.75 Å². The molecule has 2 aromatic rings. The van der Waals surface area contributed by atoms with E-state index in [-0.39, 0.29) is 17.7 Å². The van der Waals surface area contributed by atoms with Crippen LogP contribution in [0.5, 0.6) is 5.75 Å². The topological polar surface area (TPSA) is 52.6 Å². The lowest BCUT2D eigenvalue weighted by molar-refractivity contribution is 0.0917. The molecule has 2 aromatic carbocycles. The van der Waals surface area contributed by atoms with Crippen LogP contribution in [0.1, 0.15) is 37.0 Å². The second-order valence-electron chi connectivity index (χ2n) is 7.10. The van der Waals surface area contributed by atoms with Crippen molar-refractivity contribution in [1.29, 1.82) is 0 Å². The predicted molar refractivity (Wildman–Crippen MR) is 97.4 cm³/mol. The van der Waals surface area contributed by atoms with Crippen LogP contribution in [-0.4, -0.2) is 41.6 Å². The van der Waals surface area contributed by atoms with Gasteiger partial charge in [-0.2, -0.15) is 0 Å². The van der Waals surface area contributed by atoms with E-state index < -0.39 is 0 Å². The number of carbonyl (C=O) groups is 1. The summed E-state index contributed by atoms with van der Waals surface area (Å²) < 4.78 is 0. The van der Waals surface area contributed by atoms with Crippen LogP contribution in [0.15, 0.2) is 36.4 Å². The zero-order valence-corrected chi connectivity index (χ0v) is 14.5. The molecule has 0 saturated carbocycles. The lowest BCUT2D eigenvalue weighted by atomic mass is 10.00. The summed E-state index contributed by atoms with van der Waals surface area (Å²) in [7, 11) is 0. The first kappa shape index (κ1) is 16.8. The third-order valence-electron chi connectivity index (χ3n) is 4.76. The van der Waals surface area contributed by atoms with Gasteiger partial charge in [0.25, 0.3) is 5.91 Å². The predicted octanol–water partition coefficient (Wildman–Crippen LogP) is 3.40. The lowest BCUT2D eigenvalue weighted by Gasteiger charge is -2.32. The minimum atomic E-state index is -0.212. The molecule has 1 fully saturated rings. The van der Waals surface area contributed by atoms with Crippen LogP contribution in [-0.2, 0) is 0 Å². The molecule has 4 heteroatoms. The number of benzene rings is 2. The number of fused-ring (bicyclic) bond motifs is 1. The van der Waals surface area contributed by atoms with E-state index in [9.17, 15) is 9.90 Å². The monoisotopic (exact) mass is 326 g/mol. The second-order valence-corrected chi connectivity index (χ2v) is 7.10. The third kappa shape index (κ3) is 3.88. The highest BCUT2D eigenvalue weighted by Gasteiger charge is 2.20. The summed E-state index contributed by atoms with van der Waals surface area (Å²) in [5.74, 6) is 0.548. The number of carbonyl (C=O) groups excluding carboxylic acids is 1. The molecule has 0 aliphatic carbocycles. The average molecular weight is 326 g/mol. The number of phenolic OH excluding ortho intramolecular Hbond substituents is 1. The van der Waals surface area contributed by atoms with Crippen molar-refractivity contribution >= 4 is 16.7 Å². The van der Waals surface area contributed by atoms with Crippen LogP contribution < -0.4 is 5.32 Å². The van der Waals surface area contributed by atoms with Crippen molar-refractivity contribution < 1.29 is 9.90 Å². The van der Waals surface area contributed by atoms with Gasteiger partial charge < -0.3 is 15.3 Å². The molecule has 2 atom stereocenters. The van der Waals surface area contributed by atoms with E-state index in [1.165, 1.54) is 12.8 Å². The van der Waals surface area contributed by atoms with Crippen LogP contribution in [0.2, 0.25) is 0 Å². The fourth-order valence-corrected chi connectivity index (χ4v) is 3.60. The van der Waals surface area contributed by atoms with E-state index in [2.05, 4.69) is 17.1 Å². The summed E-state index contributed by atoms with van der Waals surface area (Å²) >= 11 is 0. The van der Waals surface area contributed by atoms with Crippen molar-refractivity contribution in [1.82, 2.24) is 10.2 Å². The zero-order valence-electron chi connectivity index (χ0n) is 14.5. The Labute approximate surface area is 143 Å². The Balaban J connectivity index is 1.66. The van der Waals surface area contributed by atoms with E-state index >= 15 is 0 Å². The number of aromatic hydroxyl groups is 1. The summed E-state index contributed by atoms with van der Waals surface area (Å²) in [5.41, 5.74) is 0.340. The average Bonchev–Trinajstić information content (AvgIpc) is 2.54. The Morgan fingerprint density at radius 1 is 1.33 bits per heavy atom. The first-order chi connectivity index (χ1) is 11.5. The van der Waals surface area contributed by atoms with Gasteiger partial charge in [-0.3, -0.25) is 4.79 Å². The molecule has 1 saturated heterocycles. The van der Waals surface area contributed by atoms with Crippen molar-refractivity contribution in [2.24, 2.45) is 5.92 Å². The smallest absolute Gasteiger partial charge is 0.255 e. The maximum Gasteiger partial charge on any atom is 0.255 e. The van der Waals surface area contributed by atoms with Crippen LogP contribution in [0.4, 0.5) is 0 Å². The van der Waals surface area contributed by atoms with Gasteiger partial charge in [-0.05, 0) is 55.1 Å². The largest absolute Gasteiger partial charge is 0.507 e. The van der Waals surface area contributed by atoms with E-state index in [4.69, 9.17) is 0 Å². The van der Waals surface area contributed by atoms with Crippen LogP contribution in [0, 0.1) is 5.92 Å². The summed E-state index contributed by atoms with van der Waals surface area (Å²) in [4.78, 5) is 15.0. The first-order valence-electron chi connectivity index (χ1n) is 8.78. The van der Waals surface area contributed by atoms with Crippen molar-refractivity contribution in [2.45, 2.75) is 32.7 Å². The number of amides is 1. The normalized spacial score (nSPS) is 20.0. The molecule has 2 N–H and O–H groups in total. The van der Waals surface area contributed by atoms with E-state index in [0.717, 1.165) is 36.3 Å². The third-order valence-corrected chi connectivity index (χ3v) is 4.76. The van der Waals surface area contributed by atoms with Crippen LogP contribution >= 0.6 is 0 Å². The van der Waals surface area contributed by atoms with Gasteiger partial charge in [0.1, 0.15) is 5.75 Å². The van der Waals surface area contributed by atoms with Gasteiger partial charge in [0.2, 0.25) is 0 Å². The summed E-state index contributed by atoms with van der Waals surface area (Å²) in [5, 5.41) is 15.1. The highest BCUT2D eigenvalue weighted by molar-refractivity contribution is 6.01. The Bertz CT molecular complexity index is 729. The van der Waals surface area contributed by atoms with E-state index in [1.54, 1.807) is 12.1 Å². The van der Waals surface area contributed by atoms with Gasteiger partial charge in [0, 0.05) is 19.1 Å². The number of piperidine rings is 1. The standard InChI is InChI=1S/C20H26N2O2/c1-14-6-5-9-22(12-14)13-15(2)21-20(24)18-10-16-7-3-4-8-17(16)11-19(18)23/h3-4,7-8,10-11,14-15,23H,5-6,9,12-13H2,1-2H3,(H,21,24). The SMILES string of the molecule is CC1CCCN(CC(C)NC(=O)c2cc3ccccc3cc2O)C1. The van der Waals surface area contributed by atoms with Crippen molar-refractivity contribution in [3.63, 3.8) is 0 Å². The summed E-state index contributed by atoms with van der Waals surface area (Å²) in [6.07, 6.45) is 2.52. The number of likely N-dealkylation sites (tertiary alicyclic amines) is 1. The molecule has 4 nitrogen and oxygen atoms in total. The van der Waals surface area contributed by atoms with Crippen molar-refractivity contribution in [2.75, 3.05) is 19.6 Å². The molecular formula is C20H26N2O2. The highest BCUT2D eigenvalue weighted by atomic mass is 16.3. The summed E-state index contributed by atoms with van der Waals surface area (Å²) in [6, 6.07) is 11.2. The molecule has 128 valence electrons. The zero-order chi connectivity index (χ0) is 17.1. The van der Waals surface area contributed by atoms with Gasteiger partial charge in [0.05, 0.1) is 5.56 Å². The number of nitrogens with zero attached hydrogens (tertiary/aromatic N) is 1. The van der Waals surface area contributed by atoms with Crippen LogP contribution in [0.3, 0.4) is 0 Å². The molecule has 1 heterocycles. The maximum absolute atomic E-state index is 12.5. The Hall–Kier alpha value is -2.07. The molecular weight excluding hydrogens is 300 g/mol. The number of phenols is 1. The molecule has 2 unspecified atom stereocenters. The van der Waals surface area contributed by atoms with Gasteiger partial charge in [-0.25, -0.2) is 0 Å². The van der Waals surface area contributed by atoms with Crippen molar-refractivity contribution in [3.05, 3.63) is 42.0 Å². The Morgan fingerprint density at radius 3 is 2.75 bits per heavy atom. The molecule has 0 radical (unpaired) electrons.